The summed E-state index contributed by atoms with van der Waals surface area (Å²) >= 11 is 0. The van der Waals surface area contributed by atoms with Crippen LogP contribution in [-0.2, 0) is 17.1 Å². The smallest absolute Gasteiger partial charge is 0.298 e. The molecule has 3 rings (SSSR count). The fourth-order valence-corrected chi connectivity index (χ4v) is 3.62. The number of hydrogen-bond donors (Lipinski definition) is 0. The van der Waals surface area contributed by atoms with E-state index in [1.54, 1.807) is 25.3 Å². The fourth-order valence-electron chi connectivity index (χ4n) is 3.62. The number of rotatable bonds is 5. The molecule has 0 saturated heterocycles. The number of pyridine rings is 1. The van der Waals surface area contributed by atoms with Crippen LogP contribution in [-0.4, -0.2) is 10.8 Å². The average Bonchev–Trinajstić information content (AvgIpc) is 2.76. The van der Waals surface area contributed by atoms with Crippen LogP contribution in [0.3, 0.4) is 0 Å². The van der Waals surface area contributed by atoms with Crippen molar-refractivity contribution in [2.45, 2.75) is 45.0 Å². The predicted molar refractivity (Wildman–Crippen MR) is 113 cm³/mol. The Morgan fingerprint density at radius 2 is 1.24 bits per heavy atom. The largest absolute Gasteiger partial charge is 0.416 e. The first-order valence-electron chi connectivity index (χ1n) is 10.1. The van der Waals surface area contributed by atoms with Crippen molar-refractivity contribution in [1.29, 1.82) is 0 Å². The fraction of sp³-hybridized carbons (Fsp3) is 0.280. The van der Waals surface area contributed by atoms with E-state index in [4.69, 9.17) is 0 Å². The maximum atomic E-state index is 13.2. The Bertz CT molecular complexity index is 1120. The number of nitrogens with zero attached hydrogens (tertiary/aromatic N) is 1. The van der Waals surface area contributed by atoms with Gasteiger partial charge in [-0.15, -0.1) is 0 Å². The summed E-state index contributed by atoms with van der Waals surface area (Å²) in [6.45, 7) is 4.77. The van der Waals surface area contributed by atoms with Crippen LogP contribution >= 0.6 is 0 Å². The molecule has 0 spiro atoms. The van der Waals surface area contributed by atoms with Gasteiger partial charge >= 0.3 is 12.4 Å². The van der Waals surface area contributed by atoms with Crippen molar-refractivity contribution < 1.29 is 31.1 Å². The van der Waals surface area contributed by atoms with E-state index in [0.717, 1.165) is 16.8 Å². The molecule has 0 amide bonds. The second-order valence-corrected chi connectivity index (χ2v) is 7.99. The van der Waals surface area contributed by atoms with E-state index in [0.29, 0.717) is 17.7 Å². The highest BCUT2D eigenvalue weighted by Crippen LogP contribution is 2.38. The zero-order valence-electron chi connectivity index (χ0n) is 18.1. The number of Topliss-reactive ketones (excluding diaryl/α,β-unsaturated/α-hetero) is 1. The normalized spacial score (nSPS) is 14.1. The van der Waals surface area contributed by atoms with Crippen LogP contribution in [0.5, 0.6) is 0 Å². The summed E-state index contributed by atoms with van der Waals surface area (Å²) in [7, 11) is 0. The Hall–Kier alpha value is -3.16. The summed E-state index contributed by atoms with van der Waals surface area (Å²) in [4.78, 5) is 17.1. The Balaban J connectivity index is 1.89. The third kappa shape index (κ3) is 5.61. The minimum Gasteiger partial charge on any atom is -0.298 e. The summed E-state index contributed by atoms with van der Waals surface area (Å²) in [6, 6.07) is 12.1. The molecule has 1 heterocycles. The summed E-state index contributed by atoms with van der Waals surface area (Å²) in [5, 5.41) is 0. The number of ketones is 1. The lowest BCUT2D eigenvalue weighted by Crippen LogP contribution is -2.19. The van der Waals surface area contributed by atoms with Gasteiger partial charge in [-0.05, 0) is 59.5 Å². The molecule has 0 N–H and O–H groups in total. The molecule has 2 atom stereocenters. The van der Waals surface area contributed by atoms with E-state index in [1.807, 2.05) is 31.2 Å². The molecule has 0 bridgehead atoms. The second kappa shape index (κ2) is 9.00. The highest BCUT2D eigenvalue weighted by atomic mass is 19.4. The Kier molecular flexibility index (Phi) is 6.68. The molecule has 0 aliphatic heterocycles. The molecule has 0 radical (unpaired) electrons. The first kappa shape index (κ1) is 24.5. The molecule has 174 valence electrons. The molecule has 0 aliphatic rings. The summed E-state index contributed by atoms with van der Waals surface area (Å²) < 4.78 is 79.0. The predicted octanol–water partition coefficient (Wildman–Crippen LogP) is 7.57. The molecule has 2 aromatic carbocycles. The van der Waals surface area contributed by atoms with Crippen LogP contribution in [0.25, 0.3) is 11.1 Å². The standard InChI is InChI=1S/C25H21F6NO/c1-14-10-19(8-9-32-14)18-6-4-17(5-7-18)15(2)23(33)16(3)20-11-21(24(26,27)28)13-22(12-20)25(29,30)31/h4-13,15-16H,1-3H3/t15-,16+/m0/s1. The third-order valence-corrected chi connectivity index (χ3v) is 5.60. The van der Waals surface area contributed by atoms with E-state index in [-0.39, 0.29) is 11.6 Å². The lowest BCUT2D eigenvalue weighted by atomic mass is 9.84. The molecule has 8 heteroatoms. The maximum Gasteiger partial charge on any atom is 0.416 e. The molecule has 33 heavy (non-hydrogen) atoms. The van der Waals surface area contributed by atoms with Crippen LogP contribution in [0.1, 0.15) is 53.6 Å². The Labute approximate surface area is 187 Å². The van der Waals surface area contributed by atoms with Gasteiger partial charge < -0.3 is 0 Å². The van der Waals surface area contributed by atoms with E-state index >= 15 is 0 Å². The monoisotopic (exact) mass is 465 g/mol. The minimum atomic E-state index is -4.97. The molecule has 0 aliphatic carbocycles. The summed E-state index contributed by atoms with van der Waals surface area (Å²) in [5.74, 6) is -2.36. The van der Waals surface area contributed by atoms with Gasteiger partial charge in [-0.25, -0.2) is 0 Å². The topological polar surface area (TPSA) is 30.0 Å². The van der Waals surface area contributed by atoms with Crippen molar-refractivity contribution >= 4 is 5.78 Å². The van der Waals surface area contributed by atoms with Gasteiger partial charge in [0.05, 0.1) is 11.1 Å². The first-order chi connectivity index (χ1) is 15.3. The Morgan fingerprint density at radius 3 is 1.73 bits per heavy atom. The molecule has 0 unspecified atom stereocenters. The van der Waals surface area contributed by atoms with Gasteiger partial charge in [-0.1, -0.05) is 38.1 Å². The number of carbonyl (C=O) groups excluding carboxylic acids is 1. The van der Waals surface area contributed by atoms with E-state index in [9.17, 15) is 31.1 Å². The van der Waals surface area contributed by atoms with E-state index < -0.39 is 41.1 Å². The first-order valence-corrected chi connectivity index (χ1v) is 10.1. The van der Waals surface area contributed by atoms with Gasteiger partial charge in [0.2, 0.25) is 0 Å². The SMILES string of the molecule is Cc1cc(-c2ccc([C@H](C)C(=O)[C@H](C)c3cc(C(F)(F)F)cc(C(F)(F)F)c3)cc2)ccn1. The van der Waals surface area contributed by atoms with Crippen molar-refractivity contribution in [1.82, 2.24) is 4.98 Å². The Morgan fingerprint density at radius 1 is 0.727 bits per heavy atom. The number of aromatic nitrogens is 1. The van der Waals surface area contributed by atoms with E-state index in [2.05, 4.69) is 4.98 Å². The van der Waals surface area contributed by atoms with Gasteiger partial charge in [-0.2, -0.15) is 26.3 Å². The molecule has 0 fully saturated rings. The van der Waals surface area contributed by atoms with Crippen molar-refractivity contribution in [2.75, 3.05) is 0 Å². The number of benzene rings is 2. The van der Waals surface area contributed by atoms with Gasteiger partial charge in [0.25, 0.3) is 0 Å². The van der Waals surface area contributed by atoms with Crippen LogP contribution in [0.4, 0.5) is 26.3 Å². The quantitative estimate of drug-likeness (QED) is 0.364. The molecule has 1 aromatic heterocycles. The number of hydrogen-bond acceptors (Lipinski definition) is 2. The summed E-state index contributed by atoms with van der Waals surface area (Å²) in [5.41, 5.74) is 0.0958. The molecule has 2 nitrogen and oxygen atoms in total. The van der Waals surface area contributed by atoms with Gasteiger partial charge in [0, 0.05) is 23.7 Å². The molecular weight excluding hydrogens is 444 g/mol. The van der Waals surface area contributed by atoms with Crippen LogP contribution in [0, 0.1) is 6.92 Å². The minimum absolute atomic E-state index is 0.0592. The van der Waals surface area contributed by atoms with Gasteiger partial charge in [0.15, 0.2) is 0 Å². The van der Waals surface area contributed by atoms with Gasteiger partial charge in [-0.3, -0.25) is 9.78 Å². The number of aryl methyl sites for hydroxylation is 1. The van der Waals surface area contributed by atoms with Gasteiger partial charge in [0.1, 0.15) is 5.78 Å². The van der Waals surface area contributed by atoms with Crippen molar-refractivity contribution in [3.8, 4) is 11.1 Å². The number of halogens is 6. The lowest BCUT2D eigenvalue weighted by molar-refractivity contribution is -0.143. The lowest BCUT2D eigenvalue weighted by Gasteiger charge is -2.20. The highest BCUT2D eigenvalue weighted by Gasteiger charge is 2.38. The van der Waals surface area contributed by atoms with Crippen LogP contribution < -0.4 is 0 Å². The van der Waals surface area contributed by atoms with Crippen molar-refractivity contribution in [3.05, 3.63) is 88.7 Å². The summed E-state index contributed by atoms with van der Waals surface area (Å²) in [6.07, 6.45) is -8.26. The van der Waals surface area contributed by atoms with E-state index in [1.165, 1.54) is 6.92 Å². The van der Waals surface area contributed by atoms with Crippen LogP contribution in [0.15, 0.2) is 60.8 Å². The molecule has 3 aromatic rings. The number of carbonyl (C=O) groups is 1. The maximum absolute atomic E-state index is 13.2. The van der Waals surface area contributed by atoms with Crippen molar-refractivity contribution in [3.63, 3.8) is 0 Å². The second-order valence-electron chi connectivity index (χ2n) is 7.99. The van der Waals surface area contributed by atoms with Crippen LogP contribution in [0.2, 0.25) is 0 Å². The zero-order chi connectivity index (χ0) is 24.6. The average molecular weight is 465 g/mol. The number of alkyl halides is 6. The molecule has 0 saturated carbocycles. The molecular formula is C25H21F6NO. The third-order valence-electron chi connectivity index (χ3n) is 5.60. The van der Waals surface area contributed by atoms with Crippen molar-refractivity contribution in [2.24, 2.45) is 0 Å². The zero-order valence-corrected chi connectivity index (χ0v) is 18.1. The highest BCUT2D eigenvalue weighted by molar-refractivity contribution is 5.91.